The Labute approximate surface area is 117 Å². The van der Waals surface area contributed by atoms with Crippen LogP contribution < -0.4 is 5.32 Å². The summed E-state index contributed by atoms with van der Waals surface area (Å²) in [5, 5.41) is 3.66. The monoisotopic (exact) mass is 264 g/mol. The maximum Gasteiger partial charge on any atom is 0.122 e. The summed E-state index contributed by atoms with van der Waals surface area (Å²) < 4.78 is 2.21. The number of hydrogen-bond acceptors (Lipinski definition) is 3. The minimum Gasteiger partial charge on any atom is -0.334 e. The first kappa shape index (κ1) is 14.5. The molecule has 1 aromatic heterocycles. The average Bonchev–Trinajstić information content (AvgIpc) is 2.83. The summed E-state index contributed by atoms with van der Waals surface area (Å²) in [6.07, 6.45) is 6.43. The van der Waals surface area contributed by atoms with Crippen molar-refractivity contribution in [2.24, 2.45) is 0 Å². The maximum atomic E-state index is 4.42. The van der Waals surface area contributed by atoms with Gasteiger partial charge in [0.1, 0.15) is 5.82 Å². The molecule has 1 fully saturated rings. The van der Waals surface area contributed by atoms with Gasteiger partial charge >= 0.3 is 0 Å². The van der Waals surface area contributed by atoms with Crippen LogP contribution in [-0.4, -0.2) is 39.1 Å². The molecule has 0 bridgehead atoms. The van der Waals surface area contributed by atoms with E-state index in [0.717, 1.165) is 18.9 Å². The minimum atomic E-state index is 0.309. The van der Waals surface area contributed by atoms with E-state index < -0.39 is 0 Å². The molecule has 2 heterocycles. The lowest BCUT2D eigenvalue weighted by atomic mass is 9.98. The van der Waals surface area contributed by atoms with Gasteiger partial charge in [-0.25, -0.2) is 4.98 Å². The van der Waals surface area contributed by atoms with E-state index in [4.69, 9.17) is 0 Å². The van der Waals surface area contributed by atoms with Gasteiger partial charge in [0, 0.05) is 43.6 Å². The summed E-state index contributed by atoms with van der Waals surface area (Å²) in [6, 6.07) is 0.639. The first-order valence-corrected chi connectivity index (χ1v) is 7.49. The van der Waals surface area contributed by atoms with Crippen LogP contribution >= 0.6 is 0 Å². The molecule has 0 unspecified atom stereocenters. The van der Waals surface area contributed by atoms with Crippen molar-refractivity contribution in [1.82, 2.24) is 19.8 Å². The van der Waals surface area contributed by atoms with Gasteiger partial charge in [-0.1, -0.05) is 0 Å². The predicted octanol–water partition coefficient (Wildman–Crippen LogP) is 2.26. The highest BCUT2D eigenvalue weighted by atomic mass is 15.2. The lowest BCUT2D eigenvalue weighted by Crippen LogP contribution is -2.49. The van der Waals surface area contributed by atoms with Crippen LogP contribution in [0, 0.1) is 0 Å². The number of piperidine rings is 1. The third-order valence-corrected chi connectivity index (χ3v) is 4.13. The molecule has 0 saturated carbocycles. The van der Waals surface area contributed by atoms with Crippen molar-refractivity contribution in [1.29, 1.82) is 0 Å². The molecule has 1 aromatic rings. The molecule has 1 saturated heterocycles. The molecule has 1 aliphatic heterocycles. The Morgan fingerprint density at radius 2 is 2.00 bits per heavy atom. The quantitative estimate of drug-likeness (QED) is 0.905. The lowest BCUT2D eigenvalue weighted by Gasteiger charge is -2.41. The molecule has 4 nitrogen and oxygen atoms in total. The Morgan fingerprint density at radius 1 is 1.32 bits per heavy atom. The second-order valence-electron chi connectivity index (χ2n) is 6.44. The van der Waals surface area contributed by atoms with Gasteiger partial charge in [-0.2, -0.15) is 0 Å². The van der Waals surface area contributed by atoms with Gasteiger partial charge < -0.3 is 9.88 Å². The molecular weight excluding hydrogens is 236 g/mol. The number of likely N-dealkylation sites (tertiary alicyclic amines) is 1. The van der Waals surface area contributed by atoms with Crippen molar-refractivity contribution in [2.75, 3.05) is 13.1 Å². The smallest absolute Gasteiger partial charge is 0.122 e. The highest BCUT2D eigenvalue weighted by molar-refractivity contribution is 4.93. The lowest BCUT2D eigenvalue weighted by molar-refractivity contribution is 0.0958. The zero-order valence-corrected chi connectivity index (χ0v) is 12.8. The van der Waals surface area contributed by atoms with E-state index >= 15 is 0 Å². The van der Waals surface area contributed by atoms with Gasteiger partial charge in [0.15, 0.2) is 0 Å². The Morgan fingerprint density at radius 3 is 2.58 bits per heavy atom. The van der Waals surface area contributed by atoms with Crippen molar-refractivity contribution in [3.05, 3.63) is 18.2 Å². The fourth-order valence-electron chi connectivity index (χ4n) is 2.79. The molecule has 0 spiro atoms. The van der Waals surface area contributed by atoms with Crippen molar-refractivity contribution >= 4 is 0 Å². The third-order valence-electron chi connectivity index (χ3n) is 4.13. The van der Waals surface area contributed by atoms with Gasteiger partial charge in [-0.3, -0.25) is 4.90 Å². The van der Waals surface area contributed by atoms with Crippen LogP contribution in [0.1, 0.15) is 46.4 Å². The largest absolute Gasteiger partial charge is 0.334 e. The molecule has 19 heavy (non-hydrogen) atoms. The Bertz CT molecular complexity index is 383. The molecule has 2 rings (SSSR count). The van der Waals surface area contributed by atoms with Crippen LogP contribution in [0.3, 0.4) is 0 Å². The van der Waals surface area contributed by atoms with Crippen molar-refractivity contribution in [3.63, 3.8) is 0 Å². The first-order chi connectivity index (χ1) is 9.00. The number of imidazole rings is 1. The van der Waals surface area contributed by atoms with E-state index in [2.05, 4.69) is 53.7 Å². The molecule has 0 aromatic carbocycles. The molecule has 0 amide bonds. The van der Waals surface area contributed by atoms with E-state index in [1.165, 1.54) is 25.9 Å². The van der Waals surface area contributed by atoms with E-state index in [1.807, 2.05) is 6.20 Å². The number of aromatic nitrogens is 2. The Kier molecular flexibility index (Phi) is 4.63. The van der Waals surface area contributed by atoms with Gasteiger partial charge in [-0.15, -0.1) is 0 Å². The van der Waals surface area contributed by atoms with Gasteiger partial charge in [-0.05, 0) is 40.5 Å². The molecular formula is C15H28N4. The summed E-state index contributed by atoms with van der Waals surface area (Å²) in [5.41, 5.74) is 0.309. The van der Waals surface area contributed by atoms with Crippen molar-refractivity contribution < 1.29 is 0 Å². The average molecular weight is 264 g/mol. The first-order valence-electron chi connectivity index (χ1n) is 7.49. The third kappa shape index (κ3) is 3.80. The topological polar surface area (TPSA) is 33.1 Å². The summed E-state index contributed by atoms with van der Waals surface area (Å²) in [5.74, 6) is 1.15. The summed E-state index contributed by atoms with van der Waals surface area (Å²) in [4.78, 5) is 7.00. The van der Waals surface area contributed by atoms with Crippen molar-refractivity contribution in [3.8, 4) is 0 Å². The number of hydrogen-bond donors (Lipinski definition) is 1. The highest BCUT2D eigenvalue weighted by Crippen LogP contribution is 2.20. The fraction of sp³-hybridized carbons (Fsp3) is 0.800. The SMILES string of the molecule is CCn1ccnc1CNC1CCN(C(C)(C)C)CC1. The number of aryl methyl sites for hydroxylation is 1. The number of nitrogens with one attached hydrogen (secondary N) is 1. The second kappa shape index (κ2) is 6.06. The van der Waals surface area contributed by atoms with E-state index in [0.29, 0.717) is 11.6 Å². The summed E-state index contributed by atoms with van der Waals surface area (Å²) in [7, 11) is 0. The van der Waals surface area contributed by atoms with Gasteiger partial charge in [0.25, 0.3) is 0 Å². The molecule has 108 valence electrons. The number of rotatable bonds is 4. The van der Waals surface area contributed by atoms with Crippen LogP contribution in [0.5, 0.6) is 0 Å². The molecule has 0 atom stereocenters. The van der Waals surface area contributed by atoms with E-state index in [-0.39, 0.29) is 0 Å². The Balaban J connectivity index is 1.77. The Hall–Kier alpha value is -0.870. The summed E-state index contributed by atoms with van der Waals surface area (Å²) >= 11 is 0. The standard InChI is InChI=1S/C15H28N4/c1-5-18-11-8-16-14(18)12-17-13-6-9-19(10-7-13)15(2,3)4/h8,11,13,17H,5-7,9-10,12H2,1-4H3. The fourth-order valence-corrected chi connectivity index (χ4v) is 2.79. The zero-order valence-electron chi connectivity index (χ0n) is 12.8. The minimum absolute atomic E-state index is 0.309. The van der Waals surface area contributed by atoms with Crippen LogP contribution in [-0.2, 0) is 13.1 Å². The normalized spacial score (nSPS) is 18.9. The van der Waals surface area contributed by atoms with Crippen LogP contribution in [0.2, 0.25) is 0 Å². The predicted molar refractivity (Wildman–Crippen MR) is 79.1 cm³/mol. The maximum absolute atomic E-state index is 4.42. The molecule has 1 N–H and O–H groups in total. The van der Waals surface area contributed by atoms with Gasteiger partial charge in [0.05, 0.1) is 6.54 Å². The highest BCUT2D eigenvalue weighted by Gasteiger charge is 2.26. The van der Waals surface area contributed by atoms with Crippen LogP contribution in [0.4, 0.5) is 0 Å². The number of nitrogens with zero attached hydrogens (tertiary/aromatic N) is 3. The van der Waals surface area contributed by atoms with Crippen molar-refractivity contribution in [2.45, 2.75) is 65.2 Å². The molecule has 0 radical (unpaired) electrons. The van der Waals surface area contributed by atoms with E-state index in [1.54, 1.807) is 0 Å². The summed E-state index contributed by atoms with van der Waals surface area (Å²) in [6.45, 7) is 13.4. The van der Waals surface area contributed by atoms with Crippen LogP contribution in [0.25, 0.3) is 0 Å². The molecule has 0 aliphatic carbocycles. The second-order valence-corrected chi connectivity index (χ2v) is 6.44. The zero-order chi connectivity index (χ0) is 13.9. The molecule has 1 aliphatic rings. The van der Waals surface area contributed by atoms with Crippen LogP contribution in [0.15, 0.2) is 12.4 Å². The van der Waals surface area contributed by atoms with E-state index in [9.17, 15) is 0 Å². The van der Waals surface area contributed by atoms with Gasteiger partial charge in [0.2, 0.25) is 0 Å². The molecule has 4 heteroatoms.